The number of non-ortho nitro benzene ring substituents is 1. The highest BCUT2D eigenvalue weighted by Gasteiger charge is 2.37. The van der Waals surface area contributed by atoms with E-state index in [2.05, 4.69) is 5.32 Å². The van der Waals surface area contributed by atoms with Crippen LogP contribution in [0.4, 0.5) is 16.2 Å². The van der Waals surface area contributed by atoms with Crippen LogP contribution in [0.25, 0.3) is 6.08 Å². The fraction of sp³-hybridized carbons (Fsp3) is 0.0800. The number of methoxy groups -OCH3 is 1. The van der Waals surface area contributed by atoms with Crippen molar-refractivity contribution in [3.8, 4) is 11.5 Å². The monoisotopic (exact) mass is 575 g/mol. The predicted molar refractivity (Wildman–Crippen MR) is 141 cm³/mol. The van der Waals surface area contributed by atoms with Crippen molar-refractivity contribution in [3.63, 3.8) is 0 Å². The number of carbonyl (C=O) groups excluding carboxylic acids is 3. The van der Waals surface area contributed by atoms with Crippen molar-refractivity contribution in [2.45, 2.75) is 6.61 Å². The van der Waals surface area contributed by atoms with E-state index >= 15 is 0 Å². The number of halogens is 3. The molecule has 0 bridgehead atoms. The first-order valence-corrected chi connectivity index (χ1v) is 11.8. The fourth-order valence-corrected chi connectivity index (χ4v) is 4.29. The number of benzene rings is 3. The number of carbonyl (C=O) groups is 3. The van der Waals surface area contributed by atoms with E-state index in [0.717, 1.165) is 6.07 Å². The van der Waals surface area contributed by atoms with E-state index in [-0.39, 0.29) is 40.1 Å². The van der Waals surface area contributed by atoms with Crippen LogP contribution >= 0.6 is 34.8 Å². The Morgan fingerprint density at radius 3 is 2.47 bits per heavy atom. The van der Waals surface area contributed by atoms with Crippen LogP contribution in [0.3, 0.4) is 0 Å². The van der Waals surface area contributed by atoms with Crippen molar-refractivity contribution in [2.75, 3.05) is 12.0 Å². The molecule has 1 N–H and O–H groups in total. The van der Waals surface area contributed by atoms with Gasteiger partial charge in [-0.15, -0.1) is 0 Å². The topological polar surface area (TPSA) is 128 Å². The summed E-state index contributed by atoms with van der Waals surface area (Å²) in [6, 6.07) is 11.7. The Labute approximate surface area is 230 Å². The van der Waals surface area contributed by atoms with Gasteiger partial charge in [0, 0.05) is 27.7 Å². The summed E-state index contributed by atoms with van der Waals surface area (Å²) in [5, 5.41) is 14.2. The number of rotatable bonds is 7. The zero-order chi connectivity index (χ0) is 27.6. The number of hydrogen-bond acceptors (Lipinski definition) is 7. The van der Waals surface area contributed by atoms with Crippen LogP contribution in [0.15, 0.2) is 60.2 Å². The first-order valence-electron chi connectivity index (χ1n) is 10.7. The van der Waals surface area contributed by atoms with Crippen LogP contribution in [-0.2, 0) is 16.2 Å². The van der Waals surface area contributed by atoms with Gasteiger partial charge >= 0.3 is 6.03 Å². The van der Waals surface area contributed by atoms with Gasteiger partial charge in [0.2, 0.25) is 0 Å². The van der Waals surface area contributed by atoms with Crippen molar-refractivity contribution >= 4 is 70.1 Å². The second-order valence-corrected chi connectivity index (χ2v) is 9.04. The molecule has 38 heavy (non-hydrogen) atoms. The highest BCUT2D eigenvalue weighted by Crippen LogP contribution is 2.38. The normalized spacial score (nSPS) is 14.5. The lowest BCUT2D eigenvalue weighted by Gasteiger charge is -2.26. The number of ether oxygens (including phenoxy) is 2. The number of imide groups is 2. The molecule has 3 aromatic carbocycles. The van der Waals surface area contributed by atoms with Crippen LogP contribution in [0.1, 0.15) is 11.1 Å². The predicted octanol–water partition coefficient (Wildman–Crippen LogP) is 5.81. The summed E-state index contributed by atoms with van der Waals surface area (Å²) in [7, 11) is 1.38. The lowest BCUT2D eigenvalue weighted by Crippen LogP contribution is -2.54. The van der Waals surface area contributed by atoms with Crippen molar-refractivity contribution < 1.29 is 28.8 Å². The van der Waals surface area contributed by atoms with Crippen molar-refractivity contribution in [1.29, 1.82) is 0 Å². The van der Waals surface area contributed by atoms with E-state index < -0.39 is 28.3 Å². The molecule has 0 atom stereocenters. The molecule has 1 fully saturated rings. The summed E-state index contributed by atoms with van der Waals surface area (Å²) >= 11 is 18.5. The number of urea groups is 1. The average Bonchev–Trinajstić information content (AvgIpc) is 2.86. The maximum absolute atomic E-state index is 13.1. The number of nitrogens with one attached hydrogen (secondary N) is 1. The van der Waals surface area contributed by atoms with Crippen molar-refractivity contribution in [1.82, 2.24) is 5.32 Å². The van der Waals surface area contributed by atoms with Gasteiger partial charge in [-0.05, 0) is 42.0 Å². The van der Waals surface area contributed by atoms with Crippen molar-refractivity contribution in [3.05, 3.63) is 96.5 Å². The number of nitro groups is 1. The zero-order valence-electron chi connectivity index (χ0n) is 19.4. The number of hydrogen-bond donors (Lipinski definition) is 1. The van der Waals surface area contributed by atoms with Crippen LogP contribution in [-0.4, -0.2) is 29.9 Å². The van der Waals surface area contributed by atoms with Gasteiger partial charge < -0.3 is 9.47 Å². The Balaban J connectivity index is 1.65. The SMILES string of the molecule is COc1cc(/C=C2\C(=O)NC(=O)N(c3cccc([N+](=O)[O-])c3)C2=O)cc(Cl)c1OCc1ccc(Cl)cc1Cl. The fourth-order valence-electron chi connectivity index (χ4n) is 3.56. The van der Waals surface area contributed by atoms with Gasteiger partial charge in [0.05, 0.1) is 22.7 Å². The van der Waals surface area contributed by atoms with E-state index in [0.29, 0.717) is 20.5 Å². The number of amides is 4. The van der Waals surface area contributed by atoms with Gasteiger partial charge in [0.25, 0.3) is 17.5 Å². The molecule has 13 heteroatoms. The molecule has 0 saturated carbocycles. The third kappa shape index (κ3) is 5.57. The molecule has 1 heterocycles. The Bertz CT molecular complexity index is 1520. The molecule has 0 radical (unpaired) electrons. The molecule has 1 saturated heterocycles. The molecular formula is C25H16Cl3N3O7. The minimum Gasteiger partial charge on any atom is -0.493 e. The Kier molecular flexibility index (Phi) is 7.86. The van der Waals surface area contributed by atoms with E-state index in [1.54, 1.807) is 18.2 Å². The Hall–Kier alpha value is -4.12. The molecule has 4 rings (SSSR count). The molecule has 0 aliphatic carbocycles. The second-order valence-electron chi connectivity index (χ2n) is 7.79. The Morgan fingerprint density at radius 1 is 1.03 bits per heavy atom. The van der Waals surface area contributed by atoms with Crippen LogP contribution in [0.2, 0.25) is 15.1 Å². The lowest BCUT2D eigenvalue weighted by atomic mass is 10.1. The standard InChI is InChI=1S/C25H16Cl3N3O7/c1-37-21-9-13(8-20(28)22(21)38-12-14-5-6-15(26)10-19(14)27)7-18-23(32)29-25(34)30(24(18)33)16-3-2-4-17(11-16)31(35)36/h2-11H,12H2,1H3,(H,29,32,34)/b18-7+. The van der Waals surface area contributed by atoms with Gasteiger partial charge in [0.15, 0.2) is 11.5 Å². The number of anilines is 1. The quantitative estimate of drug-likeness (QED) is 0.163. The molecule has 0 aromatic heterocycles. The Morgan fingerprint density at radius 2 is 1.79 bits per heavy atom. The number of nitro benzene ring substituents is 1. The summed E-state index contributed by atoms with van der Waals surface area (Å²) in [5.41, 5.74) is 0.111. The highest BCUT2D eigenvalue weighted by atomic mass is 35.5. The van der Waals surface area contributed by atoms with Gasteiger partial charge in [-0.2, -0.15) is 0 Å². The van der Waals surface area contributed by atoms with Gasteiger partial charge in [0.1, 0.15) is 12.2 Å². The van der Waals surface area contributed by atoms with Crippen LogP contribution in [0, 0.1) is 10.1 Å². The molecule has 0 spiro atoms. The van der Waals surface area contributed by atoms with E-state index in [4.69, 9.17) is 44.3 Å². The largest absolute Gasteiger partial charge is 0.493 e. The first kappa shape index (κ1) is 26.9. The van der Waals surface area contributed by atoms with Gasteiger partial charge in [-0.25, -0.2) is 9.69 Å². The molecule has 1 aliphatic rings. The maximum Gasteiger partial charge on any atom is 0.335 e. The molecule has 4 amide bonds. The molecular weight excluding hydrogens is 561 g/mol. The zero-order valence-corrected chi connectivity index (χ0v) is 21.6. The van der Waals surface area contributed by atoms with Gasteiger partial charge in [-0.3, -0.25) is 25.0 Å². The maximum atomic E-state index is 13.1. The van der Waals surface area contributed by atoms with Crippen molar-refractivity contribution in [2.24, 2.45) is 0 Å². The summed E-state index contributed by atoms with van der Waals surface area (Å²) in [4.78, 5) is 49.2. The van der Waals surface area contributed by atoms with E-state index in [1.807, 2.05) is 0 Å². The number of nitrogens with zero attached hydrogens (tertiary/aromatic N) is 2. The van der Waals surface area contributed by atoms with Crippen LogP contribution in [0.5, 0.6) is 11.5 Å². The second kappa shape index (κ2) is 11.1. The molecule has 1 aliphatic heterocycles. The van der Waals surface area contributed by atoms with E-state index in [1.165, 1.54) is 43.5 Å². The average molecular weight is 577 g/mol. The minimum absolute atomic E-state index is 0.0493. The minimum atomic E-state index is -1.04. The molecule has 194 valence electrons. The van der Waals surface area contributed by atoms with Crippen LogP contribution < -0.4 is 19.7 Å². The van der Waals surface area contributed by atoms with Gasteiger partial charge in [-0.1, -0.05) is 46.9 Å². The summed E-state index contributed by atoms with van der Waals surface area (Å²) < 4.78 is 11.2. The lowest BCUT2D eigenvalue weighted by molar-refractivity contribution is -0.384. The first-order chi connectivity index (χ1) is 18.1. The number of barbiturate groups is 1. The summed E-state index contributed by atoms with van der Waals surface area (Å²) in [6.07, 6.45) is 1.21. The highest BCUT2D eigenvalue weighted by molar-refractivity contribution is 6.39. The van der Waals surface area contributed by atoms with E-state index in [9.17, 15) is 24.5 Å². The molecule has 3 aromatic rings. The summed E-state index contributed by atoms with van der Waals surface area (Å²) in [6.45, 7) is 0.0493. The smallest absolute Gasteiger partial charge is 0.335 e. The molecule has 0 unspecified atom stereocenters. The summed E-state index contributed by atoms with van der Waals surface area (Å²) in [5.74, 6) is -1.54. The third-order valence-corrected chi connectivity index (χ3v) is 6.22. The molecule has 10 nitrogen and oxygen atoms in total. The third-order valence-electron chi connectivity index (χ3n) is 5.35.